The molecule has 1 heterocycles. The normalized spacial score (nSPS) is 9.71. The van der Waals surface area contributed by atoms with Gasteiger partial charge in [0, 0.05) is 12.3 Å². The van der Waals surface area contributed by atoms with Crippen LogP contribution in [0.3, 0.4) is 0 Å². The summed E-state index contributed by atoms with van der Waals surface area (Å²) in [5.74, 6) is -0.129. The van der Waals surface area contributed by atoms with Crippen molar-refractivity contribution in [1.29, 1.82) is 0 Å². The van der Waals surface area contributed by atoms with E-state index >= 15 is 0 Å². The molecule has 1 N–H and O–H groups in total. The van der Waals surface area contributed by atoms with Crippen LogP contribution < -0.4 is 9.47 Å². The zero-order valence-electron chi connectivity index (χ0n) is 10.8. The van der Waals surface area contributed by atoms with Crippen molar-refractivity contribution >= 4 is 12.3 Å². The Morgan fingerprint density at radius 2 is 1.86 bits per heavy atom. The summed E-state index contributed by atoms with van der Waals surface area (Å²) in [5, 5.41) is 8.46. The number of nitrogens with zero attached hydrogens (tertiary/aromatic N) is 1. The van der Waals surface area contributed by atoms with E-state index in [1.54, 1.807) is 12.1 Å². The fourth-order valence-corrected chi connectivity index (χ4v) is 1.44. The molecule has 0 bridgehead atoms. The highest BCUT2D eigenvalue weighted by atomic mass is 16.7. The number of carboxylic acid groups (broad SMARTS) is 1. The summed E-state index contributed by atoms with van der Waals surface area (Å²) in [6, 6.07) is 11.6. The van der Waals surface area contributed by atoms with E-state index in [1.807, 2.05) is 18.2 Å². The Kier molecular flexibility index (Phi) is 4.70. The van der Waals surface area contributed by atoms with Gasteiger partial charge >= 0.3 is 12.3 Å². The lowest BCUT2D eigenvalue weighted by Crippen LogP contribution is -2.11. The average molecular weight is 289 g/mol. The minimum Gasteiger partial charge on any atom is -0.449 e. The molecule has 2 aromatic rings. The lowest BCUT2D eigenvalue weighted by molar-refractivity contribution is 0.0927. The average Bonchev–Trinajstić information content (AvgIpc) is 2.46. The molecule has 0 aliphatic carbocycles. The fraction of sp³-hybridized carbons (Fsp3) is 0.0714. The summed E-state index contributed by atoms with van der Waals surface area (Å²) in [4.78, 5) is 25.5. The molecule has 0 saturated carbocycles. The molecule has 0 aliphatic heterocycles. The first-order valence-corrected chi connectivity index (χ1v) is 5.89. The minimum absolute atomic E-state index is 0.0688. The number of benzene rings is 1. The summed E-state index contributed by atoms with van der Waals surface area (Å²) >= 11 is 0. The SMILES string of the molecule is O=C(O)Oc1cc(OC(=O)OCc2ccccc2)ccn1. The van der Waals surface area contributed by atoms with Gasteiger partial charge in [0.2, 0.25) is 5.88 Å². The van der Waals surface area contributed by atoms with Gasteiger partial charge in [-0.15, -0.1) is 0 Å². The Hall–Kier alpha value is -3.09. The largest absolute Gasteiger partial charge is 0.514 e. The second-order valence-electron chi connectivity index (χ2n) is 3.82. The monoisotopic (exact) mass is 289 g/mol. The van der Waals surface area contributed by atoms with Crippen LogP contribution in [-0.4, -0.2) is 22.4 Å². The molecule has 7 nitrogen and oxygen atoms in total. The number of hydrogen-bond donors (Lipinski definition) is 1. The first-order valence-electron chi connectivity index (χ1n) is 5.89. The van der Waals surface area contributed by atoms with Gasteiger partial charge < -0.3 is 19.3 Å². The van der Waals surface area contributed by atoms with E-state index in [2.05, 4.69) is 9.72 Å². The third-order valence-electron chi connectivity index (χ3n) is 2.30. The van der Waals surface area contributed by atoms with E-state index in [0.717, 1.165) is 11.6 Å². The minimum atomic E-state index is -1.51. The second-order valence-corrected chi connectivity index (χ2v) is 3.82. The number of ether oxygens (including phenoxy) is 3. The van der Waals surface area contributed by atoms with Crippen LogP contribution in [0.1, 0.15) is 5.56 Å². The molecule has 0 amide bonds. The molecule has 0 fully saturated rings. The van der Waals surface area contributed by atoms with Crippen LogP contribution >= 0.6 is 0 Å². The first kappa shape index (κ1) is 14.3. The number of carbonyl (C=O) groups is 2. The maximum atomic E-state index is 11.5. The van der Waals surface area contributed by atoms with E-state index in [1.165, 1.54) is 12.3 Å². The maximum absolute atomic E-state index is 11.5. The van der Waals surface area contributed by atoms with Crippen LogP contribution in [0.5, 0.6) is 11.6 Å². The number of hydrogen-bond acceptors (Lipinski definition) is 6. The number of carbonyl (C=O) groups excluding carboxylic acids is 1. The molecule has 0 aliphatic rings. The highest BCUT2D eigenvalue weighted by Crippen LogP contribution is 2.17. The summed E-state index contributed by atoms with van der Waals surface area (Å²) in [7, 11) is 0. The molecule has 0 unspecified atom stereocenters. The van der Waals surface area contributed by atoms with Gasteiger partial charge in [-0.05, 0) is 11.6 Å². The Labute approximate surface area is 119 Å². The predicted molar refractivity (Wildman–Crippen MR) is 70.1 cm³/mol. The van der Waals surface area contributed by atoms with Crippen LogP contribution in [0.15, 0.2) is 48.7 Å². The molecule has 7 heteroatoms. The summed E-state index contributed by atoms with van der Waals surface area (Å²) in [6.45, 7) is 0.0727. The molecule has 0 atom stereocenters. The Morgan fingerprint density at radius 3 is 2.57 bits per heavy atom. The Morgan fingerprint density at radius 1 is 1.10 bits per heavy atom. The van der Waals surface area contributed by atoms with Gasteiger partial charge in [0.1, 0.15) is 12.4 Å². The topological polar surface area (TPSA) is 95.0 Å². The molecule has 1 aromatic heterocycles. The van der Waals surface area contributed by atoms with E-state index in [-0.39, 0.29) is 18.2 Å². The second kappa shape index (κ2) is 6.90. The molecule has 1 aromatic carbocycles. The molecule has 108 valence electrons. The summed E-state index contributed by atoms with van der Waals surface area (Å²) < 4.78 is 14.1. The van der Waals surface area contributed by atoms with Gasteiger partial charge in [-0.1, -0.05) is 30.3 Å². The van der Waals surface area contributed by atoms with Crippen LogP contribution in [0.25, 0.3) is 0 Å². The lowest BCUT2D eigenvalue weighted by atomic mass is 10.2. The van der Waals surface area contributed by atoms with Gasteiger partial charge in [0.15, 0.2) is 0 Å². The number of rotatable bonds is 4. The van der Waals surface area contributed by atoms with Crippen molar-refractivity contribution in [2.75, 3.05) is 0 Å². The third kappa shape index (κ3) is 4.83. The summed E-state index contributed by atoms with van der Waals surface area (Å²) in [6.07, 6.45) is -1.17. The van der Waals surface area contributed by atoms with E-state index in [9.17, 15) is 9.59 Å². The van der Waals surface area contributed by atoms with Crippen molar-refractivity contribution in [2.24, 2.45) is 0 Å². The molecule has 0 saturated heterocycles. The molecule has 2 rings (SSSR count). The van der Waals surface area contributed by atoms with Crippen LogP contribution in [0.4, 0.5) is 9.59 Å². The predicted octanol–water partition coefficient (Wildman–Crippen LogP) is 2.85. The summed E-state index contributed by atoms with van der Waals surface area (Å²) in [5.41, 5.74) is 0.819. The number of pyridine rings is 1. The van der Waals surface area contributed by atoms with Crippen molar-refractivity contribution in [3.63, 3.8) is 0 Å². The van der Waals surface area contributed by atoms with Crippen LogP contribution in [0.2, 0.25) is 0 Å². The lowest BCUT2D eigenvalue weighted by Gasteiger charge is -2.06. The van der Waals surface area contributed by atoms with E-state index in [4.69, 9.17) is 14.6 Å². The van der Waals surface area contributed by atoms with Crippen molar-refractivity contribution < 1.29 is 28.9 Å². The van der Waals surface area contributed by atoms with Gasteiger partial charge in [-0.2, -0.15) is 0 Å². The number of aromatic nitrogens is 1. The van der Waals surface area contributed by atoms with E-state index in [0.29, 0.717) is 0 Å². The fourth-order valence-electron chi connectivity index (χ4n) is 1.44. The van der Waals surface area contributed by atoms with Gasteiger partial charge in [0.05, 0.1) is 0 Å². The van der Waals surface area contributed by atoms with Crippen LogP contribution in [0, 0.1) is 0 Å². The molecule has 0 spiro atoms. The van der Waals surface area contributed by atoms with Crippen molar-refractivity contribution in [1.82, 2.24) is 4.98 Å². The zero-order chi connectivity index (χ0) is 15.1. The van der Waals surface area contributed by atoms with Crippen molar-refractivity contribution in [3.8, 4) is 11.6 Å². The molecule has 0 radical (unpaired) electrons. The van der Waals surface area contributed by atoms with E-state index < -0.39 is 12.3 Å². The quantitative estimate of drug-likeness (QED) is 0.864. The smallest absolute Gasteiger partial charge is 0.449 e. The molecular formula is C14H11NO6. The molecular weight excluding hydrogens is 278 g/mol. The van der Waals surface area contributed by atoms with Gasteiger partial charge in [-0.25, -0.2) is 14.6 Å². The first-order chi connectivity index (χ1) is 10.1. The molecule has 21 heavy (non-hydrogen) atoms. The highest BCUT2D eigenvalue weighted by Gasteiger charge is 2.09. The standard InChI is InChI=1S/C14H11NO6/c16-13(17)21-12-8-11(6-7-15-12)20-14(18)19-9-10-4-2-1-3-5-10/h1-8H,9H2,(H,16,17). The highest BCUT2D eigenvalue weighted by molar-refractivity contribution is 5.64. The Bertz CT molecular complexity index is 628. The van der Waals surface area contributed by atoms with Crippen LogP contribution in [-0.2, 0) is 11.3 Å². The maximum Gasteiger partial charge on any atom is 0.514 e. The van der Waals surface area contributed by atoms with Crippen molar-refractivity contribution in [2.45, 2.75) is 6.61 Å². The van der Waals surface area contributed by atoms with Gasteiger partial charge in [0.25, 0.3) is 0 Å². The van der Waals surface area contributed by atoms with Crippen molar-refractivity contribution in [3.05, 3.63) is 54.2 Å². The Balaban J connectivity index is 1.89. The zero-order valence-corrected chi connectivity index (χ0v) is 10.8. The van der Waals surface area contributed by atoms with Gasteiger partial charge in [-0.3, -0.25) is 0 Å². The third-order valence-corrected chi connectivity index (χ3v) is 2.30.